The molecule has 1 aromatic heterocycles. The van der Waals surface area contributed by atoms with Crippen LogP contribution in [0.5, 0.6) is 0 Å². The molecule has 1 atom stereocenters. The van der Waals surface area contributed by atoms with Crippen LogP contribution >= 0.6 is 0 Å². The lowest BCUT2D eigenvalue weighted by atomic mass is 10.1. The Hall–Kier alpha value is -2.67. The Balaban J connectivity index is 2.28. The molecule has 0 N–H and O–H groups in total. The predicted molar refractivity (Wildman–Crippen MR) is 75.9 cm³/mol. The van der Waals surface area contributed by atoms with E-state index >= 15 is 0 Å². The van der Waals surface area contributed by atoms with Gasteiger partial charge in [0.05, 0.1) is 6.07 Å². The van der Waals surface area contributed by atoms with E-state index in [9.17, 15) is 10.1 Å². The second-order valence-electron chi connectivity index (χ2n) is 4.60. The van der Waals surface area contributed by atoms with Gasteiger partial charge < -0.3 is 4.90 Å². The third-order valence-corrected chi connectivity index (χ3v) is 3.10. The van der Waals surface area contributed by atoms with Crippen molar-refractivity contribution in [1.29, 1.82) is 5.26 Å². The number of aromatic nitrogens is 1. The van der Waals surface area contributed by atoms with E-state index in [2.05, 4.69) is 11.1 Å². The maximum Gasteiger partial charge on any atom is 0.254 e. The Morgan fingerprint density at radius 3 is 2.75 bits per heavy atom. The first-order valence-electron chi connectivity index (χ1n) is 6.27. The molecular formula is C16H15N3O. The van der Waals surface area contributed by atoms with Gasteiger partial charge >= 0.3 is 0 Å². The highest BCUT2D eigenvalue weighted by atomic mass is 16.2. The standard InChI is InChI=1S/C16H15N3O/c1-12-5-3-6-13(9-12)16(20)19(2)15(10-17)14-7-4-8-18-11-14/h3-9,11,15H,1-2H3. The number of pyridine rings is 1. The fourth-order valence-electron chi connectivity index (χ4n) is 2.02. The molecule has 2 rings (SSSR count). The zero-order chi connectivity index (χ0) is 14.5. The molecule has 0 aliphatic heterocycles. The largest absolute Gasteiger partial charge is 0.322 e. The molecule has 0 radical (unpaired) electrons. The number of nitriles is 1. The van der Waals surface area contributed by atoms with Crippen LogP contribution in [0.2, 0.25) is 0 Å². The third kappa shape index (κ3) is 2.83. The number of hydrogen-bond acceptors (Lipinski definition) is 3. The summed E-state index contributed by atoms with van der Waals surface area (Å²) in [4.78, 5) is 17.9. The maximum atomic E-state index is 12.4. The van der Waals surface area contributed by atoms with Crippen molar-refractivity contribution < 1.29 is 4.79 Å². The molecule has 2 aromatic rings. The number of carbonyl (C=O) groups excluding carboxylic acids is 1. The van der Waals surface area contributed by atoms with Crippen LogP contribution in [0.4, 0.5) is 0 Å². The van der Waals surface area contributed by atoms with E-state index in [0.29, 0.717) is 11.1 Å². The van der Waals surface area contributed by atoms with Crippen LogP contribution in [0.25, 0.3) is 0 Å². The highest BCUT2D eigenvalue weighted by Gasteiger charge is 2.22. The Bertz CT molecular complexity index is 646. The van der Waals surface area contributed by atoms with Gasteiger partial charge in [0.1, 0.15) is 6.04 Å². The first kappa shape index (κ1) is 13.8. The summed E-state index contributed by atoms with van der Waals surface area (Å²) in [5.74, 6) is -0.177. The molecule has 0 saturated carbocycles. The van der Waals surface area contributed by atoms with Crippen LogP contribution in [0.15, 0.2) is 48.8 Å². The van der Waals surface area contributed by atoms with E-state index in [-0.39, 0.29) is 5.91 Å². The number of hydrogen-bond donors (Lipinski definition) is 0. The van der Waals surface area contributed by atoms with Gasteiger partial charge in [-0.15, -0.1) is 0 Å². The molecule has 1 amide bonds. The van der Waals surface area contributed by atoms with E-state index in [1.54, 1.807) is 37.6 Å². The highest BCUT2D eigenvalue weighted by molar-refractivity contribution is 5.94. The minimum atomic E-state index is -0.642. The normalized spacial score (nSPS) is 11.4. The van der Waals surface area contributed by atoms with Gasteiger partial charge in [-0.3, -0.25) is 9.78 Å². The van der Waals surface area contributed by atoms with E-state index in [1.807, 2.05) is 25.1 Å². The smallest absolute Gasteiger partial charge is 0.254 e. The zero-order valence-corrected chi connectivity index (χ0v) is 11.4. The fraction of sp³-hybridized carbons (Fsp3) is 0.188. The predicted octanol–water partition coefficient (Wildman–Crippen LogP) is 2.73. The molecule has 0 saturated heterocycles. The SMILES string of the molecule is Cc1cccc(C(=O)N(C)C(C#N)c2cccnc2)c1. The van der Waals surface area contributed by atoms with Crippen molar-refractivity contribution in [3.05, 3.63) is 65.5 Å². The monoisotopic (exact) mass is 265 g/mol. The second-order valence-corrected chi connectivity index (χ2v) is 4.60. The second kappa shape index (κ2) is 5.98. The molecular weight excluding hydrogens is 250 g/mol. The van der Waals surface area contributed by atoms with Crippen molar-refractivity contribution in [1.82, 2.24) is 9.88 Å². The van der Waals surface area contributed by atoms with Gasteiger partial charge in [-0.1, -0.05) is 23.8 Å². The van der Waals surface area contributed by atoms with Gasteiger partial charge in [0.25, 0.3) is 5.91 Å². The number of rotatable bonds is 3. The number of carbonyl (C=O) groups is 1. The van der Waals surface area contributed by atoms with Gasteiger partial charge in [-0.05, 0) is 25.1 Å². The molecule has 0 fully saturated rings. The molecule has 1 heterocycles. The molecule has 0 bridgehead atoms. The van der Waals surface area contributed by atoms with Crippen LogP contribution in [0, 0.1) is 18.3 Å². The summed E-state index contributed by atoms with van der Waals surface area (Å²) in [6.07, 6.45) is 3.24. The molecule has 0 spiro atoms. The lowest BCUT2D eigenvalue weighted by molar-refractivity contribution is 0.0763. The Morgan fingerprint density at radius 2 is 2.15 bits per heavy atom. The lowest BCUT2D eigenvalue weighted by Gasteiger charge is -2.23. The number of nitrogens with zero attached hydrogens (tertiary/aromatic N) is 3. The number of aryl methyl sites for hydroxylation is 1. The van der Waals surface area contributed by atoms with Gasteiger partial charge in [-0.2, -0.15) is 5.26 Å². The average Bonchev–Trinajstić information content (AvgIpc) is 2.48. The molecule has 0 aliphatic carbocycles. The maximum absolute atomic E-state index is 12.4. The molecule has 1 aromatic carbocycles. The summed E-state index contributed by atoms with van der Waals surface area (Å²) in [6.45, 7) is 1.93. The van der Waals surface area contributed by atoms with Crippen molar-refractivity contribution in [3.8, 4) is 6.07 Å². The first-order chi connectivity index (χ1) is 9.63. The summed E-state index contributed by atoms with van der Waals surface area (Å²) in [7, 11) is 1.63. The van der Waals surface area contributed by atoms with Gasteiger partial charge in [-0.25, -0.2) is 0 Å². The summed E-state index contributed by atoms with van der Waals surface area (Å²) >= 11 is 0. The summed E-state index contributed by atoms with van der Waals surface area (Å²) in [5, 5.41) is 9.33. The third-order valence-electron chi connectivity index (χ3n) is 3.10. The van der Waals surface area contributed by atoms with Crippen molar-refractivity contribution >= 4 is 5.91 Å². The summed E-state index contributed by atoms with van der Waals surface area (Å²) < 4.78 is 0. The molecule has 0 aliphatic rings. The Kier molecular flexibility index (Phi) is 4.11. The van der Waals surface area contributed by atoms with Crippen molar-refractivity contribution in [2.24, 2.45) is 0 Å². The van der Waals surface area contributed by atoms with Crippen LogP contribution in [0.3, 0.4) is 0 Å². The lowest BCUT2D eigenvalue weighted by Crippen LogP contribution is -2.30. The van der Waals surface area contributed by atoms with Crippen LogP contribution in [-0.2, 0) is 0 Å². The van der Waals surface area contributed by atoms with Crippen LogP contribution in [0.1, 0.15) is 27.5 Å². The van der Waals surface area contributed by atoms with E-state index in [0.717, 1.165) is 5.56 Å². The van der Waals surface area contributed by atoms with E-state index < -0.39 is 6.04 Å². The van der Waals surface area contributed by atoms with Crippen molar-refractivity contribution in [2.75, 3.05) is 7.05 Å². The average molecular weight is 265 g/mol. The van der Waals surface area contributed by atoms with Crippen LogP contribution in [-0.4, -0.2) is 22.8 Å². The molecule has 4 nitrogen and oxygen atoms in total. The quantitative estimate of drug-likeness (QED) is 0.857. The van der Waals surface area contributed by atoms with E-state index in [1.165, 1.54) is 4.90 Å². The number of benzene rings is 1. The van der Waals surface area contributed by atoms with Crippen molar-refractivity contribution in [3.63, 3.8) is 0 Å². The first-order valence-corrected chi connectivity index (χ1v) is 6.27. The minimum absolute atomic E-state index is 0.177. The summed E-state index contributed by atoms with van der Waals surface area (Å²) in [5.41, 5.74) is 2.30. The fourth-order valence-corrected chi connectivity index (χ4v) is 2.02. The number of amides is 1. The molecule has 100 valence electrons. The zero-order valence-electron chi connectivity index (χ0n) is 11.4. The van der Waals surface area contributed by atoms with Gasteiger partial charge in [0, 0.05) is 30.6 Å². The summed E-state index contributed by atoms with van der Waals surface area (Å²) in [6, 6.07) is 12.4. The van der Waals surface area contributed by atoms with E-state index in [4.69, 9.17) is 0 Å². The minimum Gasteiger partial charge on any atom is -0.322 e. The molecule has 1 unspecified atom stereocenters. The Labute approximate surface area is 118 Å². The molecule has 20 heavy (non-hydrogen) atoms. The Morgan fingerprint density at radius 1 is 1.35 bits per heavy atom. The highest BCUT2D eigenvalue weighted by Crippen LogP contribution is 2.20. The van der Waals surface area contributed by atoms with Crippen molar-refractivity contribution in [2.45, 2.75) is 13.0 Å². The van der Waals surface area contributed by atoms with Gasteiger partial charge in [0.2, 0.25) is 0 Å². The van der Waals surface area contributed by atoms with Crippen LogP contribution < -0.4 is 0 Å². The van der Waals surface area contributed by atoms with Gasteiger partial charge in [0.15, 0.2) is 0 Å². The molecule has 4 heteroatoms. The topological polar surface area (TPSA) is 57.0 Å².